The van der Waals surface area contributed by atoms with Gasteiger partial charge in [-0.05, 0) is 30.4 Å². The second kappa shape index (κ2) is 7.60. The number of carbonyl (C=O) groups excluding carboxylic acids is 1. The topological polar surface area (TPSA) is 29.5 Å². The van der Waals surface area contributed by atoms with E-state index >= 15 is 0 Å². The number of piperidine rings is 1. The van der Waals surface area contributed by atoms with Crippen LogP contribution in [0.5, 0.6) is 0 Å². The molecule has 0 spiro atoms. The molecule has 1 aromatic carbocycles. The van der Waals surface area contributed by atoms with Crippen molar-refractivity contribution in [2.45, 2.75) is 33.8 Å². The Labute approximate surface area is 128 Å². The SMILES string of the molecule is CC(CN1CCC(C)C(C)C1)C(=O)OCc1ccccc1. The van der Waals surface area contributed by atoms with E-state index in [2.05, 4.69) is 18.7 Å². The molecule has 1 aromatic rings. The molecule has 0 saturated carbocycles. The number of esters is 1. The van der Waals surface area contributed by atoms with Crippen LogP contribution in [-0.4, -0.2) is 30.5 Å². The Balaban J connectivity index is 1.75. The number of nitrogens with zero attached hydrogens (tertiary/aromatic N) is 1. The number of benzene rings is 1. The van der Waals surface area contributed by atoms with E-state index in [0.717, 1.165) is 31.1 Å². The fourth-order valence-electron chi connectivity index (χ4n) is 2.85. The molecule has 2 rings (SSSR count). The Bertz CT molecular complexity index is 446. The molecule has 1 aliphatic rings. The summed E-state index contributed by atoms with van der Waals surface area (Å²) in [6.07, 6.45) is 1.23. The normalized spacial score (nSPS) is 24.5. The summed E-state index contributed by atoms with van der Waals surface area (Å²) >= 11 is 0. The van der Waals surface area contributed by atoms with Gasteiger partial charge in [0, 0.05) is 13.1 Å². The van der Waals surface area contributed by atoms with E-state index in [1.54, 1.807) is 0 Å². The smallest absolute Gasteiger partial charge is 0.310 e. The molecule has 3 atom stereocenters. The van der Waals surface area contributed by atoms with Gasteiger partial charge in [-0.1, -0.05) is 51.1 Å². The molecule has 1 saturated heterocycles. The first kappa shape index (κ1) is 16.0. The minimum absolute atomic E-state index is 0.0608. The molecule has 0 bridgehead atoms. The number of likely N-dealkylation sites (tertiary alicyclic amines) is 1. The van der Waals surface area contributed by atoms with Crippen LogP contribution in [0.25, 0.3) is 0 Å². The van der Waals surface area contributed by atoms with Gasteiger partial charge in [-0.2, -0.15) is 0 Å². The largest absolute Gasteiger partial charge is 0.461 e. The Morgan fingerprint density at radius 1 is 1.29 bits per heavy atom. The summed E-state index contributed by atoms with van der Waals surface area (Å²) in [6, 6.07) is 9.84. The van der Waals surface area contributed by atoms with E-state index in [1.807, 2.05) is 37.3 Å². The number of ether oxygens (including phenoxy) is 1. The molecule has 0 aromatic heterocycles. The summed E-state index contributed by atoms with van der Waals surface area (Å²) < 4.78 is 5.41. The fraction of sp³-hybridized carbons (Fsp3) is 0.611. The van der Waals surface area contributed by atoms with Gasteiger partial charge in [0.2, 0.25) is 0 Å². The molecule has 0 N–H and O–H groups in total. The second-order valence-electron chi connectivity index (χ2n) is 6.50. The summed E-state index contributed by atoms with van der Waals surface area (Å²) in [5.74, 6) is 1.35. The molecule has 0 amide bonds. The molecular formula is C18H27NO2. The van der Waals surface area contributed by atoms with Gasteiger partial charge in [0.25, 0.3) is 0 Å². The lowest BCUT2D eigenvalue weighted by atomic mass is 9.88. The molecule has 1 fully saturated rings. The zero-order valence-corrected chi connectivity index (χ0v) is 13.4. The standard InChI is InChI=1S/C18H27NO2/c1-14-9-10-19(11-15(14)2)12-16(3)18(20)21-13-17-7-5-4-6-8-17/h4-8,14-16H,9-13H2,1-3H3. The lowest BCUT2D eigenvalue weighted by Gasteiger charge is -2.36. The first-order chi connectivity index (χ1) is 10.1. The zero-order valence-electron chi connectivity index (χ0n) is 13.4. The Morgan fingerprint density at radius 2 is 2.00 bits per heavy atom. The molecule has 1 aliphatic heterocycles. The number of rotatable bonds is 5. The predicted octanol–water partition coefficient (Wildman–Crippen LogP) is 3.34. The van der Waals surface area contributed by atoms with Crippen molar-refractivity contribution in [1.29, 1.82) is 0 Å². The first-order valence-electron chi connectivity index (χ1n) is 7.99. The number of hydrogen-bond donors (Lipinski definition) is 0. The third-order valence-electron chi connectivity index (χ3n) is 4.58. The van der Waals surface area contributed by atoms with Gasteiger partial charge in [0.1, 0.15) is 6.61 Å². The first-order valence-corrected chi connectivity index (χ1v) is 7.99. The Kier molecular flexibility index (Phi) is 5.80. The summed E-state index contributed by atoms with van der Waals surface area (Å²) in [5, 5.41) is 0. The highest BCUT2D eigenvalue weighted by Gasteiger charge is 2.25. The Morgan fingerprint density at radius 3 is 2.67 bits per heavy atom. The minimum Gasteiger partial charge on any atom is -0.461 e. The van der Waals surface area contributed by atoms with Crippen LogP contribution < -0.4 is 0 Å². The van der Waals surface area contributed by atoms with Crippen molar-refractivity contribution in [3.05, 3.63) is 35.9 Å². The van der Waals surface area contributed by atoms with Crippen LogP contribution >= 0.6 is 0 Å². The molecule has 1 heterocycles. The summed E-state index contributed by atoms with van der Waals surface area (Å²) in [4.78, 5) is 14.5. The fourth-order valence-corrected chi connectivity index (χ4v) is 2.85. The van der Waals surface area contributed by atoms with Crippen molar-refractivity contribution in [3.63, 3.8) is 0 Å². The molecule has 116 valence electrons. The highest BCUT2D eigenvalue weighted by Crippen LogP contribution is 2.23. The maximum absolute atomic E-state index is 12.1. The highest BCUT2D eigenvalue weighted by molar-refractivity contribution is 5.72. The predicted molar refractivity (Wildman–Crippen MR) is 84.8 cm³/mol. The molecular weight excluding hydrogens is 262 g/mol. The van der Waals surface area contributed by atoms with E-state index in [-0.39, 0.29) is 11.9 Å². The van der Waals surface area contributed by atoms with Gasteiger partial charge in [-0.3, -0.25) is 4.79 Å². The van der Waals surface area contributed by atoms with Crippen molar-refractivity contribution in [3.8, 4) is 0 Å². The lowest BCUT2D eigenvalue weighted by Crippen LogP contribution is -2.42. The zero-order chi connectivity index (χ0) is 15.2. The second-order valence-corrected chi connectivity index (χ2v) is 6.50. The summed E-state index contributed by atoms with van der Waals surface area (Å²) in [5.41, 5.74) is 1.04. The maximum atomic E-state index is 12.1. The number of carbonyl (C=O) groups is 1. The highest BCUT2D eigenvalue weighted by atomic mass is 16.5. The molecule has 3 heteroatoms. The third-order valence-corrected chi connectivity index (χ3v) is 4.58. The Hall–Kier alpha value is -1.35. The van der Waals surface area contributed by atoms with E-state index < -0.39 is 0 Å². The molecule has 0 aliphatic carbocycles. The summed E-state index contributed by atoms with van der Waals surface area (Å²) in [7, 11) is 0. The van der Waals surface area contributed by atoms with Crippen LogP contribution in [0.15, 0.2) is 30.3 Å². The van der Waals surface area contributed by atoms with Gasteiger partial charge in [-0.15, -0.1) is 0 Å². The number of hydrogen-bond acceptors (Lipinski definition) is 3. The van der Waals surface area contributed by atoms with Crippen molar-refractivity contribution >= 4 is 5.97 Å². The van der Waals surface area contributed by atoms with Crippen LogP contribution in [0.2, 0.25) is 0 Å². The molecule has 3 unspecified atom stereocenters. The van der Waals surface area contributed by atoms with Gasteiger partial charge in [0.05, 0.1) is 5.92 Å². The van der Waals surface area contributed by atoms with Crippen LogP contribution in [0.1, 0.15) is 32.8 Å². The van der Waals surface area contributed by atoms with Crippen molar-refractivity contribution in [1.82, 2.24) is 4.90 Å². The van der Waals surface area contributed by atoms with Crippen LogP contribution in [0.4, 0.5) is 0 Å². The van der Waals surface area contributed by atoms with Gasteiger partial charge in [0.15, 0.2) is 0 Å². The van der Waals surface area contributed by atoms with Gasteiger partial charge in [-0.25, -0.2) is 0 Å². The average Bonchev–Trinajstić information content (AvgIpc) is 2.49. The lowest BCUT2D eigenvalue weighted by molar-refractivity contribution is -0.150. The monoisotopic (exact) mass is 289 g/mol. The quantitative estimate of drug-likeness (QED) is 0.779. The van der Waals surface area contributed by atoms with Crippen molar-refractivity contribution < 1.29 is 9.53 Å². The van der Waals surface area contributed by atoms with Crippen molar-refractivity contribution in [2.24, 2.45) is 17.8 Å². The van der Waals surface area contributed by atoms with Crippen LogP contribution in [0, 0.1) is 17.8 Å². The average molecular weight is 289 g/mol. The minimum atomic E-state index is -0.0925. The molecule has 21 heavy (non-hydrogen) atoms. The third kappa shape index (κ3) is 4.85. The van der Waals surface area contributed by atoms with Crippen molar-refractivity contribution in [2.75, 3.05) is 19.6 Å². The van der Waals surface area contributed by atoms with Gasteiger partial charge >= 0.3 is 5.97 Å². The van der Waals surface area contributed by atoms with Crippen LogP contribution in [0.3, 0.4) is 0 Å². The summed E-state index contributed by atoms with van der Waals surface area (Å²) in [6.45, 7) is 9.96. The maximum Gasteiger partial charge on any atom is 0.310 e. The van der Waals surface area contributed by atoms with E-state index in [4.69, 9.17) is 4.74 Å². The molecule has 0 radical (unpaired) electrons. The van der Waals surface area contributed by atoms with Crippen LogP contribution in [-0.2, 0) is 16.1 Å². The molecule has 3 nitrogen and oxygen atoms in total. The van der Waals surface area contributed by atoms with Gasteiger partial charge < -0.3 is 9.64 Å². The van der Waals surface area contributed by atoms with E-state index in [0.29, 0.717) is 12.5 Å². The van der Waals surface area contributed by atoms with E-state index in [9.17, 15) is 4.79 Å². The van der Waals surface area contributed by atoms with E-state index in [1.165, 1.54) is 6.42 Å².